The number of ketones is 1. The van der Waals surface area contributed by atoms with Crippen molar-refractivity contribution in [1.29, 1.82) is 0 Å². The molecule has 3 heterocycles. The zero-order valence-corrected chi connectivity index (χ0v) is 17.0. The number of hydrogen-bond acceptors (Lipinski definition) is 6. The average Bonchev–Trinajstić information content (AvgIpc) is 3.30. The molecule has 2 aliphatic heterocycles. The van der Waals surface area contributed by atoms with Crippen molar-refractivity contribution in [2.45, 2.75) is 32.7 Å². The van der Waals surface area contributed by atoms with Gasteiger partial charge in [0.05, 0.1) is 24.9 Å². The third-order valence-electron chi connectivity index (χ3n) is 5.77. The molecule has 1 N–H and O–H groups in total. The molecule has 154 valence electrons. The number of benzene rings is 1. The molecule has 29 heavy (non-hydrogen) atoms. The van der Waals surface area contributed by atoms with Gasteiger partial charge in [-0.3, -0.25) is 9.69 Å². The molecule has 1 atom stereocenters. The average molecular weight is 398 g/mol. The molecule has 0 bridgehead atoms. The molecule has 0 aliphatic carbocycles. The van der Waals surface area contributed by atoms with Crippen LogP contribution in [0.25, 0.3) is 0 Å². The van der Waals surface area contributed by atoms with Crippen LogP contribution in [-0.2, 0) is 4.74 Å². The lowest BCUT2D eigenvalue weighted by molar-refractivity contribution is 0.0599. The van der Waals surface area contributed by atoms with Crippen LogP contribution in [0.5, 0.6) is 11.5 Å². The van der Waals surface area contributed by atoms with Gasteiger partial charge in [0, 0.05) is 11.7 Å². The minimum atomic E-state index is -0.425. The van der Waals surface area contributed by atoms with Crippen molar-refractivity contribution in [3.05, 3.63) is 46.3 Å². The Morgan fingerprint density at radius 2 is 1.97 bits per heavy atom. The molecule has 0 radical (unpaired) electrons. The molecule has 2 aliphatic rings. The maximum absolute atomic E-state index is 13.0. The Morgan fingerprint density at radius 3 is 2.72 bits per heavy atom. The van der Waals surface area contributed by atoms with E-state index in [1.165, 1.54) is 7.11 Å². The van der Waals surface area contributed by atoms with E-state index in [0.29, 0.717) is 42.3 Å². The van der Waals surface area contributed by atoms with Crippen LogP contribution in [0.2, 0.25) is 0 Å². The minimum Gasteiger partial charge on any atom is -0.486 e. The predicted octanol–water partition coefficient (Wildman–Crippen LogP) is 3.21. The van der Waals surface area contributed by atoms with Gasteiger partial charge in [-0.25, -0.2) is 4.79 Å². The Bertz CT molecular complexity index is 949. The largest absolute Gasteiger partial charge is 0.486 e. The number of nitrogens with zero attached hydrogens (tertiary/aromatic N) is 1. The summed E-state index contributed by atoms with van der Waals surface area (Å²) in [5.41, 5.74) is 3.36. The monoisotopic (exact) mass is 398 g/mol. The highest BCUT2D eigenvalue weighted by atomic mass is 16.6. The number of aryl methyl sites for hydroxylation is 1. The van der Waals surface area contributed by atoms with Crippen LogP contribution in [-0.4, -0.2) is 55.0 Å². The number of Topliss-reactive ketones (excluding diaryl/α,β-unsaturated/α-hetero) is 1. The van der Waals surface area contributed by atoms with Crippen LogP contribution in [0, 0.1) is 13.8 Å². The maximum Gasteiger partial charge on any atom is 0.339 e. The van der Waals surface area contributed by atoms with Gasteiger partial charge in [0.25, 0.3) is 0 Å². The molecule has 1 saturated heterocycles. The molecule has 0 amide bonds. The highest BCUT2D eigenvalue weighted by Crippen LogP contribution is 2.38. The second-order valence-corrected chi connectivity index (χ2v) is 7.57. The number of aromatic amines is 1. The first-order valence-electron chi connectivity index (χ1n) is 9.94. The Hall–Kier alpha value is -2.80. The summed E-state index contributed by atoms with van der Waals surface area (Å²) in [7, 11) is 1.35. The van der Waals surface area contributed by atoms with Gasteiger partial charge in [-0.05, 0) is 56.5 Å². The number of esters is 1. The molecule has 7 heteroatoms. The van der Waals surface area contributed by atoms with Crippen molar-refractivity contribution in [2.75, 3.05) is 33.4 Å². The van der Waals surface area contributed by atoms with E-state index in [2.05, 4.69) is 16.0 Å². The van der Waals surface area contributed by atoms with Crippen LogP contribution < -0.4 is 9.47 Å². The third-order valence-corrected chi connectivity index (χ3v) is 5.77. The van der Waals surface area contributed by atoms with Crippen LogP contribution in [0.4, 0.5) is 0 Å². The number of carbonyl (C=O) groups is 2. The second-order valence-electron chi connectivity index (χ2n) is 7.57. The summed E-state index contributed by atoms with van der Waals surface area (Å²) in [5, 5.41) is 0. The second kappa shape index (κ2) is 7.91. The highest BCUT2D eigenvalue weighted by Gasteiger charge is 2.30. The van der Waals surface area contributed by atoms with Crippen molar-refractivity contribution in [1.82, 2.24) is 9.88 Å². The Labute approximate surface area is 169 Å². The van der Waals surface area contributed by atoms with Crippen LogP contribution >= 0.6 is 0 Å². The van der Waals surface area contributed by atoms with Crippen LogP contribution in [0.15, 0.2) is 18.2 Å². The lowest BCUT2D eigenvalue weighted by atomic mass is 10.0. The number of ether oxygens (including phenoxy) is 3. The van der Waals surface area contributed by atoms with Gasteiger partial charge in [-0.1, -0.05) is 6.07 Å². The van der Waals surface area contributed by atoms with Gasteiger partial charge in [0.2, 0.25) is 0 Å². The van der Waals surface area contributed by atoms with E-state index in [1.807, 2.05) is 12.1 Å². The van der Waals surface area contributed by atoms with Crippen LogP contribution in [0.3, 0.4) is 0 Å². The molecule has 1 aromatic heterocycles. The Balaban J connectivity index is 1.53. The summed E-state index contributed by atoms with van der Waals surface area (Å²) in [6.07, 6.45) is 2.02. The number of aromatic nitrogens is 1. The fraction of sp³-hybridized carbons (Fsp3) is 0.455. The number of nitrogens with one attached hydrogen (secondary N) is 1. The zero-order chi connectivity index (χ0) is 20.5. The van der Waals surface area contributed by atoms with Gasteiger partial charge in [-0.2, -0.15) is 0 Å². The Kier molecular flexibility index (Phi) is 5.32. The van der Waals surface area contributed by atoms with E-state index in [0.717, 1.165) is 36.4 Å². The van der Waals surface area contributed by atoms with E-state index in [4.69, 9.17) is 14.2 Å². The quantitative estimate of drug-likeness (QED) is 0.615. The number of rotatable bonds is 5. The summed E-state index contributed by atoms with van der Waals surface area (Å²) in [6.45, 7) is 5.83. The molecule has 0 unspecified atom stereocenters. The molecule has 1 aromatic carbocycles. The van der Waals surface area contributed by atoms with Crippen molar-refractivity contribution in [3.63, 3.8) is 0 Å². The fourth-order valence-corrected chi connectivity index (χ4v) is 4.36. The molecule has 1 fully saturated rings. The lowest BCUT2D eigenvalue weighted by Gasteiger charge is -2.26. The lowest BCUT2D eigenvalue weighted by Crippen LogP contribution is -2.30. The molecule has 4 rings (SSSR count). The summed E-state index contributed by atoms with van der Waals surface area (Å²) in [4.78, 5) is 30.3. The number of likely N-dealkylation sites (tertiary alicyclic amines) is 1. The number of H-pyrrole nitrogens is 1. The van der Waals surface area contributed by atoms with Gasteiger partial charge in [0.15, 0.2) is 17.3 Å². The maximum atomic E-state index is 13.0. The van der Waals surface area contributed by atoms with Crippen molar-refractivity contribution >= 4 is 11.8 Å². The molecular weight excluding hydrogens is 372 g/mol. The summed E-state index contributed by atoms with van der Waals surface area (Å²) >= 11 is 0. The predicted molar refractivity (Wildman–Crippen MR) is 107 cm³/mol. The summed E-state index contributed by atoms with van der Waals surface area (Å²) in [5.74, 6) is 1.09. The van der Waals surface area contributed by atoms with Crippen molar-refractivity contribution in [3.8, 4) is 11.5 Å². The van der Waals surface area contributed by atoms with Gasteiger partial charge in [0.1, 0.15) is 13.2 Å². The van der Waals surface area contributed by atoms with E-state index in [-0.39, 0.29) is 11.8 Å². The molecular formula is C22H26N2O5. The number of fused-ring (bicyclic) bond motifs is 1. The molecule has 0 spiro atoms. The van der Waals surface area contributed by atoms with E-state index in [1.54, 1.807) is 13.8 Å². The minimum absolute atomic E-state index is 0.0230. The number of methoxy groups -OCH3 is 1. The number of carbonyl (C=O) groups excluding carboxylic acids is 2. The van der Waals surface area contributed by atoms with Gasteiger partial charge in [-0.15, -0.1) is 0 Å². The molecule has 7 nitrogen and oxygen atoms in total. The highest BCUT2D eigenvalue weighted by molar-refractivity contribution is 6.02. The zero-order valence-electron chi connectivity index (χ0n) is 17.0. The third kappa shape index (κ3) is 3.62. The standard InChI is InChI=1S/C22H26N2O5/c1-13-20(22(26)27-3)14(2)23-21(13)17(25)12-24-8-4-5-16(24)15-6-7-18-19(11-15)29-10-9-28-18/h6-7,11,16,23H,4-5,8-10,12H2,1-3H3/t16-/m0/s1. The SMILES string of the molecule is COC(=O)c1c(C)[nH]c(C(=O)CN2CCC[C@H]2c2ccc3c(c2)OCCO3)c1C. The Morgan fingerprint density at radius 1 is 1.21 bits per heavy atom. The fourth-order valence-electron chi connectivity index (χ4n) is 4.36. The molecule has 2 aromatic rings. The summed E-state index contributed by atoms with van der Waals surface area (Å²) in [6, 6.07) is 6.19. The van der Waals surface area contributed by atoms with Gasteiger partial charge < -0.3 is 19.2 Å². The van der Waals surface area contributed by atoms with E-state index >= 15 is 0 Å². The van der Waals surface area contributed by atoms with Crippen LogP contribution in [0.1, 0.15) is 56.6 Å². The number of hydrogen-bond donors (Lipinski definition) is 1. The first kappa shape index (κ1) is 19.5. The normalized spacial score (nSPS) is 18.7. The first-order valence-corrected chi connectivity index (χ1v) is 9.94. The van der Waals surface area contributed by atoms with Gasteiger partial charge >= 0.3 is 5.97 Å². The van der Waals surface area contributed by atoms with E-state index < -0.39 is 5.97 Å². The van der Waals surface area contributed by atoms with E-state index in [9.17, 15) is 9.59 Å². The van der Waals surface area contributed by atoms with Crippen molar-refractivity contribution in [2.24, 2.45) is 0 Å². The smallest absolute Gasteiger partial charge is 0.339 e. The topological polar surface area (TPSA) is 80.9 Å². The summed E-state index contributed by atoms with van der Waals surface area (Å²) < 4.78 is 16.2. The van der Waals surface area contributed by atoms with Crippen molar-refractivity contribution < 1.29 is 23.8 Å². The molecule has 0 saturated carbocycles. The first-order chi connectivity index (χ1) is 14.0.